The van der Waals surface area contributed by atoms with E-state index in [1.54, 1.807) is 0 Å². The van der Waals surface area contributed by atoms with Crippen LogP contribution in [0.1, 0.15) is 22.3 Å². The van der Waals surface area contributed by atoms with Gasteiger partial charge < -0.3 is 9.47 Å². The lowest BCUT2D eigenvalue weighted by Gasteiger charge is -2.23. The van der Waals surface area contributed by atoms with Crippen LogP contribution in [0.3, 0.4) is 0 Å². The highest BCUT2D eigenvalue weighted by molar-refractivity contribution is 6.18. The lowest BCUT2D eigenvalue weighted by Crippen LogP contribution is -2.22. The summed E-state index contributed by atoms with van der Waals surface area (Å²) in [6, 6.07) is 6.57. The van der Waals surface area contributed by atoms with Crippen molar-refractivity contribution in [3.63, 3.8) is 0 Å². The lowest BCUT2D eigenvalue weighted by molar-refractivity contribution is -0.277. The van der Waals surface area contributed by atoms with Crippen LogP contribution < -0.4 is 9.47 Å². The topological polar surface area (TPSA) is 150 Å². The van der Waals surface area contributed by atoms with Gasteiger partial charge in [0.1, 0.15) is 17.6 Å². The van der Waals surface area contributed by atoms with E-state index in [2.05, 4.69) is 24.0 Å². The predicted octanol–water partition coefficient (Wildman–Crippen LogP) is 5.77. The van der Waals surface area contributed by atoms with E-state index in [0.717, 1.165) is 0 Å². The van der Waals surface area contributed by atoms with E-state index >= 15 is 0 Å². The third-order valence-electron chi connectivity index (χ3n) is 5.17. The quantitative estimate of drug-likeness (QED) is 0.259. The van der Waals surface area contributed by atoms with Gasteiger partial charge in [-0.1, -0.05) is 0 Å². The lowest BCUT2D eigenvalue weighted by atomic mass is 9.90. The summed E-state index contributed by atoms with van der Waals surface area (Å²) in [5.74, 6) is -3.15. The smallest absolute Gasteiger partial charge is 0.404 e. The molecule has 3 rings (SSSR count). The molecule has 2 aliphatic rings. The van der Waals surface area contributed by atoms with Gasteiger partial charge in [-0.15, -0.1) is 26.3 Å². The average molecular weight is 546 g/mol. The van der Waals surface area contributed by atoms with E-state index in [4.69, 9.17) is 19.7 Å². The first-order valence-electron chi connectivity index (χ1n) is 9.66. The first-order chi connectivity index (χ1) is 18.8. The van der Waals surface area contributed by atoms with Crippen molar-refractivity contribution in [1.82, 2.24) is 0 Å². The Morgan fingerprint density at radius 1 is 0.600 bits per heavy atom. The Kier molecular flexibility index (Phi) is 6.70. The Balaban J connectivity index is 2.94. The van der Waals surface area contributed by atoms with Crippen LogP contribution in [-0.2, 0) is 0 Å². The number of hydrogen-bond donors (Lipinski definition) is 0. The van der Waals surface area contributed by atoms with Crippen LogP contribution >= 0.6 is 0 Å². The van der Waals surface area contributed by atoms with Crippen molar-refractivity contribution in [2.24, 2.45) is 0 Å². The minimum absolute atomic E-state index is 1.00. The predicted molar refractivity (Wildman–Crippen MR) is 115 cm³/mol. The summed E-state index contributed by atoms with van der Waals surface area (Å²) in [5, 5.41) is 48.0. The molecule has 0 atom stereocenters. The van der Waals surface area contributed by atoms with Gasteiger partial charge in [0.05, 0.1) is 60.7 Å². The molecule has 40 heavy (non-hydrogen) atoms. The summed E-state index contributed by atoms with van der Waals surface area (Å²) in [6.45, 7) is 21.8. The Labute approximate surface area is 218 Å². The summed E-state index contributed by atoms with van der Waals surface area (Å²) >= 11 is 0. The number of benzene rings is 1. The van der Waals surface area contributed by atoms with Crippen LogP contribution in [0.5, 0.6) is 11.5 Å². The van der Waals surface area contributed by atoms with E-state index in [0.29, 0.717) is 0 Å². The van der Waals surface area contributed by atoms with Crippen LogP contribution in [0.4, 0.5) is 26.3 Å². The third kappa shape index (κ3) is 4.14. The summed E-state index contributed by atoms with van der Waals surface area (Å²) in [4.78, 5) is 8.50. The van der Waals surface area contributed by atoms with E-state index in [9.17, 15) is 52.7 Å². The first kappa shape index (κ1) is 27.9. The van der Waals surface area contributed by atoms with E-state index in [1.165, 1.54) is 30.3 Å². The fourth-order valence-electron chi connectivity index (χ4n) is 4.02. The van der Waals surface area contributed by atoms with Gasteiger partial charge in [-0.3, -0.25) is 0 Å². The molecule has 0 amide bonds. The number of halogens is 6. The molecule has 190 valence electrons. The monoisotopic (exact) mass is 546 g/mol. The van der Waals surface area contributed by atoms with Gasteiger partial charge in [0.25, 0.3) is 11.4 Å². The van der Waals surface area contributed by atoms with Crippen molar-refractivity contribution >= 4 is 22.3 Å². The number of alkyl halides is 6. The molecule has 0 bridgehead atoms. The fraction of sp³-hybridized carbons (Fsp3) is 0.0833. The zero-order valence-electron chi connectivity index (χ0n) is 18.7. The molecular weight excluding hydrogens is 546 g/mol. The molecule has 10 nitrogen and oxygen atoms in total. The Hall–Kier alpha value is -6.72. The second kappa shape index (κ2) is 9.63. The van der Waals surface area contributed by atoms with Gasteiger partial charge in [-0.2, -0.15) is 15.8 Å². The average Bonchev–Trinajstić information content (AvgIpc) is 3.39. The van der Waals surface area contributed by atoms with E-state index in [-0.39, 0.29) is 0 Å². The molecule has 0 spiro atoms. The van der Waals surface area contributed by atoms with Gasteiger partial charge in [0.2, 0.25) is 5.70 Å². The molecule has 2 aliphatic carbocycles. The maximum absolute atomic E-state index is 13.7. The van der Waals surface area contributed by atoms with Gasteiger partial charge in [0, 0.05) is 33.4 Å². The van der Waals surface area contributed by atoms with Crippen molar-refractivity contribution < 1.29 is 35.8 Å². The molecule has 0 aromatic heterocycles. The number of nitrogens with zero attached hydrogens (tertiary/aromatic N) is 8. The highest BCUT2D eigenvalue weighted by Crippen LogP contribution is 2.61. The molecule has 0 N–H and O–H groups in total. The molecule has 0 unspecified atom stereocenters. The molecule has 0 heterocycles. The molecular formula is C24F6N8O2. The van der Waals surface area contributed by atoms with Crippen molar-refractivity contribution in [3.05, 3.63) is 79.2 Å². The number of nitriles is 5. The van der Waals surface area contributed by atoms with Crippen LogP contribution in [0.2, 0.25) is 0 Å². The molecule has 0 saturated heterocycles. The Bertz CT molecular complexity index is 1730. The molecule has 0 aliphatic heterocycles. The standard InChI is InChI=1S/C24F6N8O2/c1-36-12(7-34)14-9(4-31)10(5-32)15-18(14)22(40-24(28,29)30)16-11(6-33)20(38-3)17(13(8-35)37-2)19(16)21(15)39-23(25,26)27/b14-12-,17-13-. The maximum atomic E-state index is 13.7. The third-order valence-corrected chi connectivity index (χ3v) is 5.17. The largest absolute Gasteiger partial charge is 0.573 e. The fourth-order valence-corrected chi connectivity index (χ4v) is 4.02. The second-order valence-corrected chi connectivity index (χ2v) is 7.07. The van der Waals surface area contributed by atoms with Gasteiger partial charge in [0.15, 0.2) is 0 Å². The van der Waals surface area contributed by atoms with Gasteiger partial charge in [-0.25, -0.2) is 25.1 Å². The minimum atomic E-state index is -5.69. The van der Waals surface area contributed by atoms with Gasteiger partial charge in [-0.05, 0) is 0 Å². The first-order valence-corrected chi connectivity index (χ1v) is 9.66. The molecule has 16 heteroatoms. The van der Waals surface area contributed by atoms with Crippen LogP contribution in [0.15, 0.2) is 22.7 Å². The maximum Gasteiger partial charge on any atom is 0.573 e. The summed E-state index contributed by atoms with van der Waals surface area (Å²) in [5.41, 5.74) is -13.4. The molecule has 1 aromatic rings. The second-order valence-electron chi connectivity index (χ2n) is 7.07. The highest BCUT2D eigenvalue weighted by Gasteiger charge is 2.48. The number of hydrogen-bond acceptors (Lipinski definition) is 7. The van der Waals surface area contributed by atoms with E-state index in [1.807, 2.05) is 0 Å². The van der Waals surface area contributed by atoms with Crippen LogP contribution in [0.25, 0.3) is 36.8 Å². The number of allylic oxidation sites excluding steroid dienone is 7. The summed E-state index contributed by atoms with van der Waals surface area (Å²) < 4.78 is 90.3. The van der Waals surface area contributed by atoms with Crippen molar-refractivity contribution in [3.8, 4) is 41.8 Å². The highest BCUT2D eigenvalue weighted by atomic mass is 19.4. The van der Waals surface area contributed by atoms with Crippen LogP contribution in [-0.4, -0.2) is 12.7 Å². The zero-order chi connectivity index (χ0) is 30.2. The molecule has 1 aromatic carbocycles. The molecule has 0 fully saturated rings. The van der Waals surface area contributed by atoms with Crippen LogP contribution in [0, 0.1) is 76.4 Å². The van der Waals surface area contributed by atoms with Crippen molar-refractivity contribution in [2.75, 3.05) is 0 Å². The van der Waals surface area contributed by atoms with E-state index < -0.39 is 91.4 Å². The Morgan fingerprint density at radius 3 is 1.35 bits per heavy atom. The molecule has 0 radical (unpaired) electrons. The zero-order valence-corrected chi connectivity index (χ0v) is 18.7. The number of rotatable bonds is 2. The van der Waals surface area contributed by atoms with Gasteiger partial charge >= 0.3 is 12.7 Å². The van der Waals surface area contributed by atoms with Crippen molar-refractivity contribution in [1.29, 1.82) is 26.3 Å². The minimum Gasteiger partial charge on any atom is -0.404 e. The van der Waals surface area contributed by atoms with Crippen molar-refractivity contribution in [2.45, 2.75) is 12.7 Å². The number of ether oxygens (including phenoxy) is 2. The normalized spacial score (nSPS) is 15.9. The SMILES string of the molecule is [C-]#[N+]C1=C(C#N)c2c(OC(F)(F)F)c3c(c(OC(F)(F)F)c2/C1=C(\C#N)[N+]#[C-])C(C#N)=C(C#N)/C3=C(\C#N)[N+]#[C-]. The Morgan fingerprint density at radius 2 is 1.00 bits per heavy atom. The summed E-state index contributed by atoms with van der Waals surface area (Å²) in [6.07, 6.45) is -11.4. The number of fused-ring (bicyclic) bond motifs is 2. The molecule has 0 saturated carbocycles. The summed E-state index contributed by atoms with van der Waals surface area (Å²) in [7, 11) is 0.